The van der Waals surface area contributed by atoms with E-state index in [9.17, 15) is 4.79 Å². The molecular formula is C16H20BrN3O2. The van der Waals surface area contributed by atoms with Gasteiger partial charge in [-0.1, -0.05) is 0 Å². The molecular weight excluding hydrogens is 346 g/mol. The van der Waals surface area contributed by atoms with Gasteiger partial charge in [-0.15, -0.1) is 0 Å². The molecule has 0 saturated carbocycles. The highest BCUT2D eigenvalue weighted by atomic mass is 79.9. The van der Waals surface area contributed by atoms with Crippen LogP contribution in [0.1, 0.15) is 25.5 Å². The van der Waals surface area contributed by atoms with E-state index in [4.69, 9.17) is 4.74 Å². The number of allylic oxidation sites excluding steroid dienone is 1. The minimum absolute atomic E-state index is 0.110. The molecule has 0 aromatic carbocycles. The molecule has 118 valence electrons. The van der Waals surface area contributed by atoms with Crippen molar-refractivity contribution in [1.82, 2.24) is 9.88 Å². The van der Waals surface area contributed by atoms with Gasteiger partial charge in [0.15, 0.2) is 5.78 Å². The van der Waals surface area contributed by atoms with Crippen LogP contribution in [0.4, 0.5) is 5.69 Å². The van der Waals surface area contributed by atoms with E-state index in [2.05, 4.69) is 32.8 Å². The Morgan fingerprint density at radius 1 is 1.59 bits per heavy atom. The third kappa shape index (κ3) is 4.40. The molecule has 0 radical (unpaired) electrons. The van der Waals surface area contributed by atoms with Crippen LogP contribution in [0, 0.1) is 6.92 Å². The summed E-state index contributed by atoms with van der Waals surface area (Å²) < 4.78 is 6.62. The standard InChI is InChI=1S/C16H20BrN3O2/c1-4-20(3)10-18-15-9-14(17)16(19-11(15)2)22-13-7-5-12(21)6-8-13/h5,7,9-10,13H,4,6,8H2,1-3H3/b18-10+. The number of aliphatic imine (C=N–C) groups is 1. The van der Waals surface area contributed by atoms with E-state index in [0.717, 1.165) is 22.4 Å². The van der Waals surface area contributed by atoms with Crippen LogP contribution in [0.2, 0.25) is 0 Å². The summed E-state index contributed by atoms with van der Waals surface area (Å²) in [6.45, 7) is 4.86. The van der Waals surface area contributed by atoms with Crippen LogP contribution in [-0.4, -0.2) is 41.7 Å². The Morgan fingerprint density at radius 3 is 3.00 bits per heavy atom. The van der Waals surface area contributed by atoms with Gasteiger partial charge in [0.25, 0.3) is 0 Å². The number of ketones is 1. The van der Waals surface area contributed by atoms with Gasteiger partial charge in [-0.05, 0) is 54.4 Å². The van der Waals surface area contributed by atoms with Crippen molar-refractivity contribution in [2.45, 2.75) is 32.8 Å². The monoisotopic (exact) mass is 365 g/mol. The maximum Gasteiger partial charge on any atom is 0.228 e. The number of hydrogen-bond donors (Lipinski definition) is 0. The van der Waals surface area contributed by atoms with Gasteiger partial charge in [0, 0.05) is 20.0 Å². The van der Waals surface area contributed by atoms with Gasteiger partial charge < -0.3 is 9.64 Å². The minimum atomic E-state index is -0.110. The fourth-order valence-electron chi connectivity index (χ4n) is 1.93. The lowest BCUT2D eigenvalue weighted by atomic mass is 10.0. The van der Waals surface area contributed by atoms with E-state index in [1.54, 1.807) is 18.5 Å². The fraction of sp³-hybridized carbons (Fsp3) is 0.438. The number of nitrogens with zero attached hydrogens (tertiary/aromatic N) is 3. The molecule has 0 spiro atoms. The Kier molecular flexibility index (Phi) is 5.71. The average Bonchev–Trinajstić information content (AvgIpc) is 2.51. The van der Waals surface area contributed by atoms with Crippen LogP contribution in [-0.2, 0) is 4.79 Å². The zero-order valence-electron chi connectivity index (χ0n) is 13.0. The minimum Gasteiger partial charge on any atom is -0.469 e. The van der Waals surface area contributed by atoms with Crippen molar-refractivity contribution in [3.05, 3.63) is 28.4 Å². The molecule has 1 atom stereocenters. The van der Waals surface area contributed by atoms with Crippen LogP contribution >= 0.6 is 15.9 Å². The highest BCUT2D eigenvalue weighted by Crippen LogP contribution is 2.31. The molecule has 6 heteroatoms. The molecule has 1 aromatic rings. The SMILES string of the molecule is CCN(C)/C=N/c1cc(Br)c(OC2C=CC(=O)CC2)nc1C. The quantitative estimate of drug-likeness (QED) is 0.592. The normalized spacial score (nSPS) is 18.0. The summed E-state index contributed by atoms with van der Waals surface area (Å²) in [6.07, 6.45) is 6.24. The molecule has 1 aliphatic rings. The number of ether oxygens (including phenoxy) is 1. The molecule has 1 unspecified atom stereocenters. The molecule has 0 amide bonds. The Labute approximate surface area is 139 Å². The van der Waals surface area contributed by atoms with Gasteiger partial charge >= 0.3 is 0 Å². The predicted octanol–water partition coefficient (Wildman–Crippen LogP) is 3.43. The predicted molar refractivity (Wildman–Crippen MR) is 90.9 cm³/mol. The first kappa shape index (κ1) is 16.7. The smallest absolute Gasteiger partial charge is 0.228 e. The second-order valence-electron chi connectivity index (χ2n) is 5.22. The maximum atomic E-state index is 11.2. The Morgan fingerprint density at radius 2 is 2.36 bits per heavy atom. The van der Waals surface area contributed by atoms with E-state index in [-0.39, 0.29) is 11.9 Å². The molecule has 0 saturated heterocycles. The Hall–Kier alpha value is -1.69. The van der Waals surface area contributed by atoms with E-state index < -0.39 is 0 Å². The van der Waals surface area contributed by atoms with Gasteiger partial charge in [-0.3, -0.25) is 4.79 Å². The summed E-state index contributed by atoms with van der Waals surface area (Å²) in [5, 5.41) is 0. The van der Waals surface area contributed by atoms with E-state index >= 15 is 0 Å². The Bertz CT molecular complexity index is 614. The first-order chi connectivity index (χ1) is 10.5. The van der Waals surface area contributed by atoms with Crippen LogP contribution in [0.5, 0.6) is 5.88 Å². The highest BCUT2D eigenvalue weighted by Gasteiger charge is 2.17. The van der Waals surface area contributed by atoms with Crippen LogP contribution in [0.25, 0.3) is 0 Å². The molecule has 0 fully saturated rings. The fourth-order valence-corrected chi connectivity index (χ4v) is 2.32. The highest BCUT2D eigenvalue weighted by molar-refractivity contribution is 9.10. The van der Waals surface area contributed by atoms with Crippen molar-refractivity contribution in [1.29, 1.82) is 0 Å². The third-order valence-electron chi connectivity index (χ3n) is 3.44. The number of carbonyl (C=O) groups is 1. The zero-order valence-corrected chi connectivity index (χ0v) is 14.6. The van der Waals surface area contributed by atoms with Crippen molar-refractivity contribution in [2.24, 2.45) is 4.99 Å². The molecule has 1 aliphatic carbocycles. The summed E-state index contributed by atoms with van der Waals surface area (Å²) in [5.41, 5.74) is 1.60. The van der Waals surface area contributed by atoms with Gasteiger partial charge in [-0.2, -0.15) is 0 Å². The van der Waals surface area contributed by atoms with Crippen molar-refractivity contribution in [3.63, 3.8) is 0 Å². The van der Waals surface area contributed by atoms with E-state index in [1.165, 1.54) is 0 Å². The molecule has 1 aromatic heterocycles. The zero-order chi connectivity index (χ0) is 16.1. The molecule has 22 heavy (non-hydrogen) atoms. The first-order valence-corrected chi connectivity index (χ1v) is 8.08. The molecule has 2 rings (SSSR count). The summed E-state index contributed by atoms with van der Waals surface area (Å²) in [6, 6.07) is 1.90. The van der Waals surface area contributed by atoms with E-state index in [1.807, 2.05) is 24.9 Å². The second kappa shape index (κ2) is 7.54. The van der Waals surface area contributed by atoms with Crippen molar-refractivity contribution >= 4 is 33.7 Å². The van der Waals surface area contributed by atoms with E-state index in [0.29, 0.717) is 18.7 Å². The third-order valence-corrected chi connectivity index (χ3v) is 4.00. The maximum absolute atomic E-state index is 11.2. The number of halogens is 1. The lowest BCUT2D eigenvalue weighted by Gasteiger charge is -2.18. The van der Waals surface area contributed by atoms with Gasteiger partial charge in [0.2, 0.25) is 5.88 Å². The molecule has 0 aliphatic heterocycles. The summed E-state index contributed by atoms with van der Waals surface area (Å²) in [4.78, 5) is 22.1. The summed E-state index contributed by atoms with van der Waals surface area (Å²) in [5.74, 6) is 0.678. The molecule has 1 heterocycles. The molecule has 5 nitrogen and oxygen atoms in total. The number of pyridine rings is 1. The lowest BCUT2D eigenvalue weighted by Crippen LogP contribution is -2.20. The number of aryl methyl sites for hydroxylation is 1. The number of carbonyl (C=O) groups excluding carboxylic acids is 1. The van der Waals surface area contributed by atoms with Crippen molar-refractivity contribution < 1.29 is 9.53 Å². The first-order valence-electron chi connectivity index (χ1n) is 7.29. The van der Waals surface area contributed by atoms with Gasteiger partial charge in [-0.25, -0.2) is 9.98 Å². The number of rotatable bonds is 5. The Balaban J connectivity index is 2.14. The topological polar surface area (TPSA) is 54.8 Å². The number of hydrogen-bond acceptors (Lipinski definition) is 4. The lowest BCUT2D eigenvalue weighted by molar-refractivity contribution is -0.115. The van der Waals surface area contributed by atoms with Gasteiger partial charge in [0.1, 0.15) is 6.10 Å². The molecule has 0 bridgehead atoms. The second-order valence-corrected chi connectivity index (χ2v) is 6.07. The largest absolute Gasteiger partial charge is 0.469 e. The summed E-state index contributed by atoms with van der Waals surface area (Å²) >= 11 is 3.48. The van der Waals surface area contributed by atoms with Crippen LogP contribution in [0.15, 0.2) is 27.7 Å². The molecule has 0 N–H and O–H groups in total. The van der Waals surface area contributed by atoms with Gasteiger partial charge in [0.05, 0.1) is 22.2 Å². The average molecular weight is 366 g/mol. The number of aromatic nitrogens is 1. The van der Waals surface area contributed by atoms with Crippen molar-refractivity contribution in [2.75, 3.05) is 13.6 Å². The van der Waals surface area contributed by atoms with Crippen molar-refractivity contribution in [3.8, 4) is 5.88 Å². The van der Waals surface area contributed by atoms with Crippen LogP contribution in [0.3, 0.4) is 0 Å². The van der Waals surface area contributed by atoms with Crippen LogP contribution < -0.4 is 4.74 Å². The summed E-state index contributed by atoms with van der Waals surface area (Å²) in [7, 11) is 1.97.